The van der Waals surface area contributed by atoms with Crippen LogP contribution in [-0.4, -0.2) is 10.1 Å². The second-order valence-corrected chi connectivity index (χ2v) is 5.04. The molecule has 0 saturated carbocycles. The highest BCUT2D eigenvalue weighted by Gasteiger charge is 2.07. The smallest absolute Gasteiger partial charge is 0.226 e. The van der Waals surface area contributed by atoms with Crippen molar-refractivity contribution in [3.8, 4) is 11.4 Å². The van der Waals surface area contributed by atoms with Gasteiger partial charge in [0.15, 0.2) is 0 Å². The van der Waals surface area contributed by atoms with Crippen LogP contribution in [0.4, 0.5) is 0 Å². The van der Waals surface area contributed by atoms with Gasteiger partial charge in [0, 0.05) is 12.0 Å². The van der Waals surface area contributed by atoms with Crippen LogP contribution in [0.3, 0.4) is 0 Å². The molecule has 2 rings (SSSR count). The Labute approximate surface area is 115 Å². The molecule has 0 saturated heterocycles. The van der Waals surface area contributed by atoms with Crippen LogP contribution in [0.25, 0.3) is 11.4 Å². The topological polar surface area (TPSA) is 38.9 Å². The predicted molar refractivity (Wildman–Crippen MR) is 76.9 cm³/mol. The molecule has 1 aromatic heterocycles. The number of aryl methyl sites for hydroxylation is 2. The molecule has 3 heteroatoms. The normalized spacial score (nSPS) is 10.8. The Morgan fingerprint density at radius 1 is 1.00 bits per heavy atom. The SMILES string of the molecule is CCCCCCCc1nc(-c2ccc(C)cc2)no1. The maximum absolute atomic E-state index is 5.29. The van der Waals surface area contributed by atoms with Gasteiger partial charge in [-0.25, -0.2) is 0 Å². The highest BCUT2D eigenvalue weighted by Crippen LogP contribution is 2.17. The average Bonchev–Trinajstić information content (AvgIpc) is 2.88. The molecule has 3 nitrogen and oxygen atoms in total. The van der Waals surface area contributed by atoms with Crippen LogP contribution < -0.4 is 0 Å². The highest BCUT2D eigenvalue weighted by atomic mass is 16.5. The largest absolute Gasteiger partial charge is 0.339 e. The van der Waals surface area contributed by atoms with E-state index in [-0.39, 0.29) is 0 Å². The molecule has 102 valence electrons. The Morgan fingerprint density at radius 2 is 1.74 bits per heavy atom. The van der Waals surface area contributed by atoms with E-state index < -0.39 is 0 Å². The van der Waals surface area contributed by atoms with Crippen LogP contribution in [0.1, 0.15) is 50.5 Å². The zero-order valence-corrected chi connectivity index (χ0v) is 11.9. The minimum atomic E-state index is 0.698. The summed E-state index contributed by atoms with van der Waals surface area (Å²) in [5, 5.41) is 4.05. The van der Waals surface area contributed by atoms with Crippen LogP contribution in [0.2, 0.25) is 0 Å². The zero-order valence-electron chi connectivity index (χ0n) is 11.9. The van der Waals surface area contributed by atoms with Gasteiger partial charge in [0.2, 0.25) is 11.7 Å². The summed E-state index contributed by atoms with van der Waals surface area (Å²) in [5.74, 6) is 1.45. The van der Waals surface area contributed by atoms with Crippen molar-refractivity contribution in [3.63, 3.8) is 0 Å². The van der Waals surface area contributed by atoms with E-state index >= 15 is 0 Å². The summed E-state index contributed by atoms with van der Waals surface area (Å²) in [5.41, 5.74) is 2.26. The second kappa shape index (κ2) is 7.07. The van der Waals surface area contributed by atoms with Crippen molar-refractivity contribution in [2.24, 2.45) is 0 Å². The van der Waals surface area contributed by atoms with Gasteiger partial charge in [-0.15, -0.1) is 0 Å². The number of rotatable bonds is 7. The third-order valence-electron chi connectivity index (χ3n) is 3.27. The average molecular weight is 258 g/mol. The van der Waals surface area contributed by atoms with Crippen molar-refractivity contribution < 1.29 is 4.52 Å². The van der Waals surface area contributed by atoms with Crippen molar-refractivity contribution in [2.75, 3.05) is 0 Å². The zero-order chi connectivity index (χ0) is 13.5. The first-order chi connectivity index (χ1) is 9.29. The van der Waals surface area contributed by atoms with E-state index in [1.54, 1.807) is 0 Å². The van der Waals surface area contributed by atoms with Gasteiger partial charge in [0.05, 0.1) is 0 Å². The van der Waals surface area contributed by atoms with Crippen LogP contribution in [0, 0.1) is 6.92 Å². The molecule has 0 unspecified atom stereocenters. The Morgan fingerprint density at radius 3 is 2.47 bits per heavy atom. The number of unbranched alkanes of at least 4 members (excludes halogenated alkanes) is 4. The molecule has 2 aromatic rings. The Bertz CT molecular complexity index is 488. The van der Waals surface area contributed by atoms with Crippen molar-refractivity contribution >= 4 is 0 Å². The van der Waals surface area contributed by atoms with Gasteiger partial charge in [-0.2, -0.15) is 4.98 Å². The molecule has 0 atom stereocenters. The Kier molecular flexibility index (Phi) is 5.13. The number of hydrogen-bond donors (Lipinski definition) is 0. The van der Waals surface area contributed by atoms with Gasteiger partial charge in [-0.05, 0) is 13.3 Å². The summed E-state index contributed by atoms with van der Waals surface area (Å²) in [6, 6.07) is 8.20. The van der Waals surface area contributed by atoms with Gasteiger partial charge in [0.25, 0.3) is 0 Å². The molecule has 0 aliphatic rings. The van der Waals surface area contributed by atoms with Crippen LogP contribution in [0.15, 0.2) is 28.8 Å². The van der Waals surface area contributed by atoms with Gasteiger partial charge < -0.3 is 4.52 Å². The van der Waals surface area contributed by atoms with E-state index in [1.165, 1.54) is 31.2 Å². The van der Waals surface area contributed by atoms with Crippen molar-refractivity contribution in [2.45, 2.75) is 52.4 Å². The standard InChI is InChI=1S/C16H22N2O/c1-3-4-5-6-7-8-15-17-16(18-19-15)14-11-9-13(2)10-12-14/h9-12H,3-8H2,1-2H3. The summed E-state index contributed by atoms with van der Waals surface area (Å²) in [6.45, 7) is 4.30. The molecular formula is C16H22N2O. The van der Waals surface area contributed by atoms with Crippen molar-refractivity contribution in [1.29, 1.82) is 0 Å². The first-order valence-electron chi connectivity index (χ1n) is 7.19. The lowest BCUT2D eigenvalue weighted by Crippen LogP contribution is -1.87. The lowest BCUT2D eigenvalue weighted by Gasteiger charge is -1.96. The van der Waals surface area contributed by atoms with Crippen molar-refractivity contribution in [1.82, 2.24) is 10.1 Å². The summed E-state index contributed by atoms with van der Waals surface area (Å²) in [6.07, 6.45) is 7.17. The Balaban J connectivity index is 1.86. The fraction of sp³-hybridized carbons (Fsp3) is 0.500. The van der Waals surface area contributed by atoms with Gasteiger partial charge >= 0.3 is 0 Å². The maximum Gasteiger partial charge on any atom is 0.226 e. The van der Waals surface area contributed by atoms with Crippen LogP contribution >= 0.6 is 0 Å². The molecule has 1 aromatic carbocycles. The summed E-state index contributed by atoms with van der Waals surface area (Å²) >= 11 is 0. The van der Waals surface area contributed by atoms with E-state index in [0.29, 0.717) is 5.82 Å². The molecule has 0 bridgehead atoms. The lowest BCUT2D eigenvalue weighted by molar-refractivity contribution is 0.374. The maximum atomic E-state index is 5.29. The van der Waals surface area contributed by atoms with Gasteiger partial charge in [-0.3, -0.25) is 0 Å². The van der Waals surface area contributed by atoms with Crippen molar-refractivity contribution in [3.05, 3.63) is 35.7 Å². The van der Waals surface area contributed by atoms with Crippen LogP contribution in [0.5, 0.6) is 0 Å². The van der Waals surface area contributed by atoms with E-state index in [1.807, 2.05) is 12.1 Å². The molecule has 1 heterocycles. The fourth-order valence-electron chi connectivity index (χ4n) is 2.06. The van der Waals surface area contributed by atoms with E-state index in [9.17, 15) is 0 Å². The molecule has 0 aliphatic heterocycles. The molecule has 0 N–H and O–H groups in total. The highest BCUT2D eigenvalue weighted by molar-refractivity contribution is 5.54. The van der Waals surface area contributed by atoms with E-state index in [0.717, 1.165) is 24.3 Å². The molecule has 0 amide bonds. The lowest BCUT2D eigenvalue weighted by atomic mass is 10.1. The summed E-state index contributed by atoms with van der Waals surface area (Å²) < 4.78 is 5.29. The number of benzene rings is 1. The van der Waals surface area contributed by atoms with E-state index in [2.05, 4.69) is 36.1 Å². The summed E-state index contributed by atoms with van der Waals surface area (Å²) in [4.78, 5) is 4.45. The fourth-order valence-corrected chi connectivity index (χ4v) is 2.06. The predicted octanol–water partition coefficient (Wildman–Crippen LogP) is 4.56. The van der Waals surface area contributed by atoms with Gasteiger partial charge in [0.1, 0.15) is 0 Å². The monoisotopic (exact) mass is 258 g/mol. The third-order valence-corrected chi connectivity index (χ3v) is 3.27. The van der Waals surface area contributed by atoms with Gasteiger partial charge in [-0.1, -0.05) is 67.6 Å². The third kappa shape index (κ3) is 4.19. The first kappa shape index (κ1) is 13.8. The number of hydrogen-bond acceptors (Lipinski definition) is 3. The second-order valence-electron chi connectivity index (χ2n) is 5.04. The minimum absolute atomic E-state index is 0.698. The molecule has 0 aliphatic carbocycles. The van der Waals surface area contributed by atoms with Crippen LogP contribution in [-0.2, 0) is 6.42 Å². The molecule has 19 heavy (non-hydrogen) atoms. The molecule has 0 spiro atoms. The van der Waals surface area contributed by atoms with E-state index in [4.69, 9.17) is 4.52 Å². The number of aromatic nitrogens is 2. The molecule has 0 radical (unpaired) electrons. The Hall–Kier alpha value is -1.64. The number of nitrogens with zero attached hydrogens (tertiary/aromatic N) is 2. The quantitative estimate of drug-likeness (QED) is 0.683. The summed E-state index contributed by atoms with van der Waals surface area (Å²) in [7, 11) is 0. The first-order valence-corrected chi connectivity index (χ1v) is 7.19. The minimum Gasteiger partial charge on any atom is -0.339 e. The molecule has 0 fully saturated rings. The molecular weight excluding hydrogens is 236 g/mol.